The fourth-order valence-corrected chi connectivity index (χ4v) is 3.20. The predicted octanol–water partition coefficient (Wildman–Crippen LogP) is 2.68. The van der Waals surface area contributed by atoms with E-state index in [9.17, 15) is 24.9 Å². The van der Waals surface area contributed by atoms with Crippen molar-refractivity contribution in [1.82, 2.24) is 0 Å². The van der Waals surface area contributed by atoms with E-state index in [2.05, 4.69) is 0 Å². The Morgan fingerprint density at radius 3 is 2.18 bits per heavy atom. The molecule has 5 nitrogen and oxygen atoms in total. The maximum absolute atomic E-state index is 12.2. The first kappa shape index (κ1) is 14.4. The molecular weight excluding hydrogens is 284 g/mol. The number of hydrogen-bond donors (Lipinski definition) is 3. The lowest BCUT2D eigenvalue weighted by atomic mass is 9.78. The second-order valence-corrected chi connectivity index (χ2v) is 5.63. The van der Waals surface area contributed by atoms with Gasteiger partial charge >= 0.3 is 0 Å². The zero-order valence-electron chi connectivity index (χ0n) is 11.8. The quantitative estimate of drug-likeness (QED) is 0.797. The van der Waals surface area contributed by atoms with E-state index < -0.39 is 11.8 Å². The third kappa shape index (κ3) is 2.28. The molecule has 0 saturated carbocycles. The molecule has 3 N–H and O–H groups in total. The minimum atomic E-state index is -0.858. The number of allylic oxidation sites excluding steroid dienone is 4. The average Bonchev–Trinajstić information content (AvgIpc) is 2.99. The molecule has 0 spiro atoms. The summed E-state index contributed by atoms with van der Waals surface area (Å²) in [7, 11) is 0. The molecule has 0 saturated heterocycles. The Bertz CT molecular complexity index is 696. The van der Waals surface area contributed by atoms with Gasteiger partial charge in [-0.1, -0.05) is 12.1 Å². The molecule has 3 rings (SSSR count). The molecule has 0 aliphatic heterocycles. The van der Waals surface area contributed by atoms with Gasteiger partial charge in [-0.15, -0.1) is 0 Å². The maximum Gasteiger partial charge on any atom is 0.163 e. The molecule has 0 heterocycles. The molecule has 2 aliphatic rings. The molecule has 0 bridgehead atoms. The largest absolute Gasteiger partial charge is 0.512 e. The summed E-state index contributed by atoms with van der Waals surface area (Å²) in [6.07, 6.45) is 2.03. The second-order valence-electron chi connectivity index (χ2n) is 5.63. The van der Waals surface area contributed by atoms with Crippen molar-refractivity contribution in [3.8, 4) is 5.75 Å². The predicted molar refractivity (Wildman–Crippen MR) is 78.6 cm³/mol. The summed E-state index contributed by atoms with van der Waals surface area (Å²) in [5, 5.41) is 29.6. The van der Waals surface area contributed by atoms with Gasteiger partial charge in [-0.05, 0) is 23.8 Å². The zero-order valence-corrected chi connectivity index (χ0v) is 11.8. The van der Waals surface area contributed by atoms with E-state index in [-0.39, 0.29) is 53.7 Å². The lowest BCUT2D eigenvalue weighted by molar-refractivity contribution is -0.121. The van der Waals surface area contributed by atoms with E-state index in [1.807, 2.05) is 0 Å². The Labute approximate surface area is 127 Å². The van der Waals surface area contributed by atoms with Gasteiger partial charge in [-0.3, -0.25) is 9.59 Å². The third-order valence-electron chi connectivity index (χ3n) is 4.27. The van der Waals surface area contributed by atoms with E-state index in [0.717, 1.165) is 0 Å². The number of aliphatic hydroxyl groups is 2. The van der Waals surface area contributed by atoms with Gasteiger partial charge in [0.2, 0.25) is 0 Å². The number of carbonyl (C=O) groups excluding carboxylic acids is 2. The van der Waals surface area contributed by atoms with Crippen LogP contribution in [0.1, 0.15) is 30.7 Å². The van der Waals surface area contributed by atoms with Crippen molar-refractivity contribution in [2.75, 3.05) is 0 Å². The minimum Gasteiger partial charge on any atom is -0.512 e. The number of benzene rings is 1. The number of phenols is 1. The van der Waals surface area contributed by atoms with Gasteiger partial charge in [0.15, 0.2) is 5.78 Å². The van der Waals surface area contributed by atoms with Crippen LogP contribution >= 0.6 is 0 Å². The molecular formula is C17H16O5. The number of aromatic hydroxyl groups is 1. The highest BCUT2D eigenvalue weighted by atomic mass is 16.3. The minimum absolute atomic E-state index is 0.0180. The van der Waals surface area contributed by atoms with Crippen LogP contribution in [0.3, 0.4) is 0 Å². The van der Waals surface area contributed by atoms with Gasteiger partial charge in [0.1, 0.15) is 23.1 Å². The van der Waals surface area contributed by atoms with E-state index in [1.54, 1.807) is 12.1 Å². The van der Waals surface area contributed by atoms with Crippen LogP contribution in [-0.2, 0) is 9.59 Å². The topological polar surface area (TPSA) is 94.8 Å². The number of aliphatic hydroxyl groups excluding tert-OH is 2. The lowest BCUT2D eigenvalue weighted by Crippen LogP contribution is -2.24. The molecule has 2 aliphatic carbocycles. The van der Waals surface area contributed by atoms with Gasteiger partial charge in [-0.2, -0.15) is 0 Å². The van der Waals surface area contributed by atoms with Crippen molar-refractivity contribution < 1.29 is 24.9 Å². The molecule has 0 aromatic heterocycles. The number of hydrogen-bond acceptors (Lipinski definition) is 5. The Kier molecular flexibility index (Phi) is 3.48. The maximum atomic E-state index is 12.2. The first-order chi connectivity index (χ1) is 10.5. The molecule has 1 aromatic rings. The summed E-state index contributed by atoms with van der Waals surface area (Å²) in [6, 6.07) is 6.12. The first-order valence-corrected chi connectivity index (χ1v) is 7.15. The number of rotatable bonds is 3. The normalized spacial score (nSPS) is 23.1. The molecule has 2 unspecified atom stereocenters. The summed E-state index contributed by atoms with van der Waals surface area (Å²) >= 11 is 0. The lowest BCUT2D eigenvalue weighted by Gasteiger charge is -2.24. The fourth-order valence-electron chi connectivity index (χ4n) is 3.20. The van der Waals surface area contributed by atoms with Crippen LogP contribution in [0.15, 0.2) is 47.4 Å². The first-order valence-electron chi connectivity index (χ1n) is 7.15. The molecule has 0 radical (unpaired) electrons. The van der Waals surface area contributed by atoms with Crippen molar-refractivity contribution in [2.45, 2.75) is 25.2 Å². The van der Waals surface area contributed by atoms with Crippen LogP contribution in [0.4, 0.5) is 0 Å². The van der Waals surface area contributed by atoms with E-state index in [4.69, 9.17) is 0 Å². The Morgan fingerprint density at radius 1 is 1.00 bits per heavy atom. The third-order valence-corrected chi connectivity index (χ3v) is 4.27. The Morgan fingerprint density at radius 2 is 1.68 bits per heavy atom. The smallest absolute Gasteiger partial charge is 0.163 e. The molecule has 0 amide bonds. The van der Waals surface area contributed by atoms with Crippen molar-refractivity contribution >= 4 is 11.6 Å². The van der Waals surface area contributed by atoms with Crippen LogP contribution in [-0.4, -0.2) is 26.9 Å². The summed E-state index contributed by atoms with van der Waals surface area (Å²) in [6.45, 7) is 0. The van der Waals surface area contributed by atoms with Gasteiger partial charge in [0.25, 0.3) is 0 Å². The highest BCUT2D eigenvalue weighted by Crippen LogP contribution is 2.44. The standard InChI is InChI=1S/C17H16O5/c18-10-3-1-9(2-4-10)15(16-11(19)5-6-12(16)20)17-13(21)7-8-14(17)22/h1-5,15-16,18-19,21H,6-8H2. The fraction of sp³-hybridized carbons (Fsp3) is 0.294. The van der Waals surface area contributed by atoms with E-state index >= 15 is 0 Å². The average molecular weight is 300 g/mol. The van der Waals surface area contributed by atoms with Crippen LogP contribution in [0.5, 0.6) is 5.75 Å². The van der Waals surface area contributed by atoms with Crippen LogP contribution in [0.25, 0.3) is 0 Å². The second kappa shape index (κ2) is 5.33. The molecule has 2 atom stereocenters. The van der Waals surface area contributed by atoms with Crippen molar-refractivity contribution in [3.63, 3.8) is 0 Å². The van der Waals surface area contributed by atoms with Crippen LogP contribution in [0, 0.1) is 5.92 Å². The molecule has 114 valence electrons. The van der Waals surface area contributed by atoms with Crippen molar-refractivity contribution in [3.05, 3.63) is 53.0 Å². The molecule has 1 aromatic carbocycles. The SMILES string of the molecule is O=C1CCC(O)=C1C(c1ccc(O)cc1)C1C(=O)CC=C1O. The summed E-state index contributed by atoms with van der Waals surface area (Å²) < 4.78 is 0. The Hall–Kier alpha value is -2.56. The molecule has 22 heavy (non-hydrogen) atoms. The van der Waals surface area contributed by atoms with Gasteiger partial charge in [-0.25, -0.2) is 0 Å². The number of ketones is 2. The summed E-state index contributed by atoms with van der Waals surface area (Å²) in [5.41, 5.74) is 0.806. The van der Waals surface area contributed by atoms with E-state index in [0.29, 0.717) is 5.56 Å². The van der Waals surface area contributed by atoms with Gasteiger partial charge < -0.3 is 15.3 Å². The highest BCUT2D eigenvalue weighted by molar-refractivity contribution is 6.01. The van der Waals surface area contributed by atoms with Crippen LogP contribution < -0.4 is 0 Å². The van der Waals surface area contributed by atoms with Crippen molar-refractivity contribution in [2.24, 2.45) is 5.92 Å². The summed E-state index contributed by atoms with van der Waals surface area (Å²) in [5.74, 6) is -1.99. The van der Waals surface area contributed by atoms with Crippen molar-refractivity contribution in [1.29, 1.82) is 0 Å². The highest BCUT2D eigenvalue weighted by Gasteiger charge is 2.42. The van der Waals surface area contributed by atoms with Gasteiger partial charge in [0.05, 0.1) is 5.92 Å². The van der Waals surface area contributed by atoms with Gasteiger partial charge in [0, 0.05) is 30.8 Å². The zero-order chi connectivity index (χ0) is 15.9. The Balaban J connectivity index is 2.13. The molecule has 0 fully saturated rings. The van der Waals surface area contributed by atoms with Crippen LogP contribution in [0.2, 0.25) is 0 Å². The monoisotopic (exact) mass is 300 g/mol. The molecule has 5 heteroatoms. The summed E-state index contributed by atoms with van der Waals surface area (Å²) in [4.78, 5) is 24.3. The number of phenolic OH excluding ortho intramolecular Hbond substituents is 1. The number of Topliss-reactive ketones (excluding diaryl/α,β-unsaturated/α-hetero) is 2. The number of carbonyl (C=O) groups is 2. The van der Waals surface area contributed by atoms with E-state index in [1.165, 1.54) is 18.2 Å².